The lowest BCUT2D eigenvalue weighted by Crippen LogP contribution is -2.39. The van der Waals surface area contributed by atoms with Gasteiger partial charge in [-0.1, -0.05) is 12.1 Å². The molecular formula is C15H22FN3O. The molecule has 1 amide bonds. The Kier molecular flexibility index (Phi) is 5.35. The predicted octanol–water partition coefficient (Wildman–Crippen LogP) is 1.51. The molecular weight excluding hydrogens is 257 g/mol. The zero-order chi connectivity index (χ0) is 14.4. The molecule has 1 aliphatic carbocycles. The van der Waals surface area contributed by atoms with Crippen molar-refractivity contribution in [3.8, 4) is 0 Å². The fraction of sp³-hybridized carbons (Fsp3) is 0.533. The van der Waals surface area contributed by atoms with Gasteiger partial charge in [-0.3, -0.25) is 4.79 Å². The standard InChI is InChI=1S/C15H22FN3O/c16-13-4-1-2-5-14(13)19(9-3-8-17)11-15(20)18-10-12-6-7-12/h1-2,4-5,12H,3,6-11,17H2,(H,18,20). The Hall–Kier alpha value is -1.62. The van der Waals surface area contributed by atoms with Gasteiger partial charge in [0.25, 0.3) is 0 Å². The predicted molar refractivity (Wildman–Crippen MR) is 78.0 cm³/mol. The summed E-state index contributed by atoms with van der Waals surface area (Å²) in [6, 6.07) is 6.52. The van der Waals surface area contributed by atoms with Crippen LogP contribution in [0.5, 0.6) is 0 Å². The number of anilines is 1. The van der Waals surface area contributed by atoms with Crippen molar-refractivity contribution in [2.45, 2.75) is 19.3 Å². The molecule has 0 radical (unpaired) electrons. The highest BCUT2D eigenvalue weighted by Crippen LogP contribution is 2.27. The number of benzene rings is 1. The van der Waals surface area contributed by atoms with Crippen LogP contribution >= 0.6 is 0 Å². The van der Waals surface area contributed by atoms with E-state index < -0.39 is 0 Å². The fourth-order valence-corrected chi connectivity index (χ4v) is 2.08. The first-order valence-corrected chi connectivity index (χ1v) is 7.17. The van der Waals surface area contributed by atoms with Crippen molar-refractivity contribution in [3.05, 3.63) is 30.1 Å². The molecule has 20 heavy (non-hydrogen) atoms. The zero-order valence-electron chi connectivity index (χ0n) is 11.6. The van der Waals surface area contributed by atoms with Crippen LogP contribution in [-0.2, 0) is 4.79 Å². The molecule has 1 saturated carbocycles. The normalized spacial score (nSPS) is 14.1. The second-order valence-corrected chi connectivity index (χ2v) is 5.26. The Balaban J connectivity index is 1.95. The largest absolute Gasteiger partial charge is 0.360 e. The number of nitrogens with one attached hydrogen (secondary N) is 1. The maximum Gasteiger partial charge on any atom is 0.239 e. The highest BCUT2D eigenvalue weighted by Gasteiger charge is 2.22. The van der Waals surface area contributed by atoms with E-state index in [0.717, 1.165) is 13.0 Å². The number of carbonyl (C=O) groups is 1. The van der Waals surface area contributed by atoms with E-state index in [4.69, 9.17) is 5.73 Å². The summed E-state index contributed by atoms with van der Waals surface area (Å²) < 4.78 is 13.8. The first-order valence-electron chi connectivity index (χ1n) is 7.17. The molecule has 0 aromatic heterocycles. The van der Waals surface area contributed by atoms with Crippen molar-refractivity contribution < 1.29 is 9.18 Å². The number of amides is 1. The van der Waals surface area contributed by atoms with Gasteiger partial charge in [-0.15, -0.1) is 0 Å². The maximum atomic E-state index is 13.8. The molecule has 0 bridgehead atoms. The quantitative estimate of drug-likeness (QED) is 0.758. The van der Waals surface area contributed by atoms with Gasteiger partial charge in [-0.2, -0.15) is 0 Å². The Morgan fingerprint density at radius 1 is 1.40 bits per heavy atom. The van der Waals surface area contributed by atoms with Gasteiger partial charge in [0, 0.05) is 13.1 Å². The van der Waals surface area contributed by atoms with Crippen LogP contribution in [0.4, 0.5) is 10.1 Å². The zero-order valence-corrected chi connectivity index (χ0v) is 11.6. The third-order valence-corrected chi connectivity index (χ3v) is 3.44. The van der Waals surface area contributed by atoms with Crippen LogP contribution in [0, 0.1) is 11.7 Å². The second-order valence-electron chi connectivity index (χ2n) is 5.26. The summed E-state index contributed by atoms with van der Waals surface area (Å²) >= 11 is 0. The van der Waals surface area contributed by atoms with Crippen molar-refractivity contribution in [1.82, 2.24) is 5.32 Å². The second kappa shape index (κ2) is 7.24. The van der Waals surface area contributed by atoms with Crippen LogP contribution in [0.2, 0.25) is 0 Å². The number of carbonyl (C=O) groups excluding carboxylic acids is 1. The maximum absolute atomic E-state index is 13.8. The van der Waals surface area contributed by atoms with Crippen LogP contribution in [-0.4, -0.2) is 32.1 Å². The van der Waals surface area contributed by atoms with Gasteiger partial charge in [0.2, 0.25) is 5.91 Å². The lowest BCUT2D eigenvalue weighted by atomic mass is 10.2. The number of hydrogen-bond donors (Lipinski definition) is 2. The van der Waals surface area contributed by atoms with E-state index in [1.807, 2.05) is 0 Å². The first kappa shape index (κ1) is 14.8. The highest BCUT2D eigenvalue weighted by molar-refractivity contribution is 5.81. The monoisotopic (exact) mass is 279 g/mol. The third-order valence-electron chi connectivity index (χ3n) is 3.44. The van der Waals surface area contributed by atoms with Gasteiger partial charge in [0.05, 0.1) is 12.2 Å². The number of rotatable bonds is 8. The molecule has 4 nitrogen and oxygen atoms in total. The van der Waals surface area contributed by atoms with Crippen LogP contribution in [0.15, 0.2) is 24.3 Å². The van der Waals surface area contributed by atoms with Crippen LogP contribution in [0.1, 0.15) is 19.3 Å². The highest BCUT2D eigenvalue weighted by atomic mass is 19.1. The van der Waals surface area contributed by atoms with E-state index in [1.54, 1.807) is 23.1 Å². The summed E-state index contributed by atoms with van der Waals surface area (Å²) in [6.07, 6.45) is 3.12. The van der Waals surface area contributed by atoms with Gasteiger partial charge in [0.15, 0.2) is 0 Å². The molecule has 0 unspecified atom stereocenters. The van der Waals surface area contributed by atoms with Crippen molar-refractivity contribution in [2.75, 3.05) is 31.1 Å². The SMILES string of the molecule is NCCCN(CC(=O)NCC1CC1)c1ccccc1F. The van der Waals surface area contributed by atoms with Gasteiger partial charge in [-0.25, -0.2) is 4.39 Å². The number of nitrogens with zero attached hydrogens (tertiary/aromatic N) is 1. The summed E-state index contributed by atoms with van der Waals surface area (Å²) in [5.74, 6) is 0.279. The van der Waals surface area contributed by atoms with Crippen molar-refractivity contribution in [2.24, 2.45) is 11.7 Å². The molecule has 0 aliphatic heterocycles. The van der Waals surface area contributed by atoms with Gasteiger partial charge < -0.3 is 16.0 Å². The average Bonchev–Trinajstić information content (AvgIpc) is 3.26. The summed E-state index contributed by atoms with van der Waals surface area (Å²) in [7, 11) is 0. The van der Waals surface area contributed by atoms with Gasteiger partial charge in [-0.05, 0) is 43.9 Å². The van der Waals surface area contributed by atoms with E-state index in [9.17, 15) is 9.18 Å². The molecule has 5 heteroatoms. The lowest BCUT2D eigenvalue weighted by molar-refractivity contribution is -0.119. The van der Waals surface area contributed by atoms with Gasteiger partial charge in [0.1, 0.15) is 5.82 Å². The van der Waals surface area contributed by atoms with E-state index >= 15 is 0 Å². The number of para-hydroxylation sites is 1. The first-order chi connectivity index (χ1) is 9.70. The van der Waals surface area contributed by atoms with Crippen molar-refractivity contribution in [1.29, 1.82) is 0 Å². The van der Waals surface area contributed by atoms with Crippen molar-refractivity contribution in [3.63, 3.8) is 0 Å². The molecule has 0 heterocycles. The molecule has 0 spiro atoms. The molecule has 110 valence electrons. The van der Waals surface area contributed by atoms with Gasteiger partial charge >= 0.3 is 0 Å². The smallest absolute Gasteiger partial charge is 0.239 e. The molecule has 0 atom stereocenters. The lowest BCUT2D eigenvalue weighted by Gasteiger charge is -2.24. The molecule has 3 N–H and O–H groups in total. The molecule has 1 fully saturated rings. The third kappa shape index (κ3) is 4.49. The van der Waals surface area contributed by atoms with Crippen LogP contribution < -0.4 is 16.0 Å². The van der Waals surface area contributed by atoms with Crippen LogP contribution in [0.25, 0.3) is 0 Å². The molecule has 1 aromatic carbocycles. The molecule has 2 rings (SSSR count). The number of nitrogens with two attached hydrogens (primary N) is 1. The Morgan fingerprint density at radius 2 is 2.15 bits per heavy atom. The molecule has 1 aromatic rings. The Labute approximate surface area is 119 Å². The number of hydrogen-bond acceptors (Lipinski definition) is 3. The fourth-order valence-electron chi connectivity index (χ4n) is 2.08. The molecule has 0 saturated heterocycles. The summed E-state index contributed by atoms with van der Waals surface area (Å²) in [4.78, 5) is 13.7. The Bertz CT molecular complexity index is 448. The van der Waals surface area contributed by atoms with Crippen LogP contribution in [0.3, 0.4) is 0 Å². The minimum atomic E-state index is -0.306. The van der Waals surface area contributed by atoms with Crippen molar-refractivity contribution >= 4 is 11.6 Å². The van der Waals surface area contributed by atoms with E-state index in [0.29, 0.717) is 24.7 Å². The average molecular weight is 279 g/mol. The minimum Gasteiger partial charge on any atom is -0.360 e. The minimum absolute atomic E-state index is 0.0582. The summed E-state index contributed by atoms with van der Waals surface area (Å²) in [5.41, 5.74) is 5.97. The van der Waals surface area contributed by atoms with E-state index in [1.165, 1.54) is 18.9 Å². The molecule has 1 aliphatic rings. The number of halogens is 1. The van der Waals surface area contributed by atoms with E-state index in [-0.39, 0.29) is 18.3 Å². The summed E-state index contributed by atoms with van der Waals surface area (Å²) in [5, 5.41) is 2.91. The Morgan fingerprint density at radius 3 is 2.80 bits per heavy atom. The topological polar surface area (TPSA) is 58.4 Å². The van der Waals surface area contributed by atoms with E-state index in [2.05, 4.69) is 5.32 Å². The summed E-state index contributed by atoms with van der Waals surface area (Å²) in [6.45, 7) is 2.01.